The SMILES string of the molecule is Cc1cc(-c2nc3ccc(C(=O)Oc4ccc([N+](=O)[O-])cc4)cc3s2)cc(C)c1O. The van der Waals surface area contributed by atoms with E-state index in [2.05, 4.69) is 4.98 Å². The highest BCUT2D eigenvalue weighted by molar-refractivity contribution is 7.21. The van der Waals surface area contributed by atoms with Gasteiger partial charge >= 0.3 is 5.97 Å². The molecule has 0 fully saturated rings. The summed E-state index contributed by atoms with van der Waals surface area (Å²) in [6.07, 6.45) is 0. The van der Waals surface area contributed by atoms with Crippen molar-refractivity contribution < 1.29 is 19.6 Å². The van der Waals surface area contributed by atoms with Crippen molar-refractivity contribution in [2.45, 2.75) is 13.8 Å². The van der Waals surface area contributed by atoms with Crippen LogP contribution in [0.2, 0.25) is 0 Å². The summed E-state index contributed by atoms with van der Waals surface area (Å²) < 4.78 is 6.14. The van der Waals surface area contributed by atoms with Crippen LogP contribution >= 0.6 is 11.3 Å². The normalized spacial score (nSPS) is 10.9. The van der Waals surface area contributed by atoms with E-state index in [9.17, 15) is 20.0 Å². The second-order valence-corrected chi connectivity index (χ2v) is 7.83. The van der Waals surface area contributed by atoms with Gasteiger partial charge in [0.15, 0.2) is 0 Å². The van der Waals surface area contributed by atoms with Gasteiger partial charge in [-0.2, -0.15) is 0 Å². The number of esters is 1. The Balaban J connectivity index is 1.60. The number of rotatable bonds is 4. The molecule has 0 saturated carbocycles. The average Bonchev–Trinajstić information content (AvgIpc) is 3.15. The van der Waals surface area contributed by atoms with Crippen LogP contribution in [-0.4, -0.2) is 21.0 Å². The van der Waals surface area contributed by atoms with Crippen molar-refractivity contribution in [3.63, 3.8) is 0 Å². The van der Waals surface area contributed by atoms with Crippen LogP contribution < -0.4 is 4.74 Å². The van der Waals surface area contributed by atoms with E-state index in [1.807, 2.05) is 26.0 Å². The number of fused-ring (bicyclic) bond motifs is 1. The molecular formula is C22H16N2O5S. The molecule has 0 amide bonds. The minimum absolute atomic E-state index is 0.0758. The fourth-order valence-corrected chi connectivity index (χ4v) is 4.05. The Kier molecular flexibility index (Phi) is 4.93. The number of hydrogen-bond donors (Lipinski definition) is 1. The van der Waals surface area contributed by atoms with Crippen molar-refractivity contribution in [1.29, 1.82) is 0 Å². The molecule has 0 radical (unpaired) electrons. The Morgan fingerprint density at radius 2 is 1.73 bits per heavy atom. The predicted octanol–water partition coefficient (Wildman–Crippen LogP) is 5.41. The molecule has 0 atom stereocenters. The molecule has 0 aliphatic heterocycles. The van der Waals surface area contributed by atoms with Gasteiger partial charge < -0.3 is 9.84 Å². The molecule has 1 N–H and O–H groups in total. The lowest BCUT2D eigenvalue weighted by Crippen LogP contribution is -2.08. The van der Waals surface area contributed by atoms with Crippen molar-refractivity contribution in [3.8, 4) is 22.1 Å². The number of aromatic nitrogens is 1. The lowest BCUT2D eigenvalue weighted by Gasteiger charge is -2.05. The molecule has 150 valence electrons. The molecule has 0 aliphatic rings. The van der Waals surface area contributed by atoms with E-state index in [0.717, 1.165) is 31.9 Å². The Hall–Kier alpha value is -3.78. The van der Waals surface area contributed by atoms with Crippen LogP contribution in [0.25, 0.3) is 20.8 Å². The molecule has 0 saturated heterocycles. The zero-order chi connectivity index (χ0) is 21.4. The number of nitrogens with zero attached hydrogens (tertiary/aromatic N) is 2. The molecule has 3 aromatic carbocycles. The quantitative estimate of drug-likeness (QED) is 0.205. The van der Waals surface area contributed by atoms with Crippen LogP contribution in [-0.2, 0) is 0 Å². The molecule has 30 heavy (non-hydrogen) atoms. The van der Waals surface area contributed by atoms with Crippen LogP contribution in [0.15, 0.2) is 54.6 Å². The van der Waals surface area contributed by atoms with Crippen LogP contribution in [0.1, 0.15) is 21.5 Å². The summed E-state index contributed by atoms with van der Waals surface area (Å²) in [5.41, 5.74) is 3.49. The summed E-state index contributed by atoms with van der Waals surface area (Å²) in [5.74, 6) is -0.0566. The molecule has 7 nitrogen and oxygen atoms in total. The minimum atomic E-state index is -0.558. The molecule has 0 spiro atoms. The summed E-state index contributed by atoms with van der Waals surface area (Å²) in [6.45, 7) is 3.68. The number of benzene rings is 3. The zero-order valence-electron chi connectivity index (χ0n) is 16.1. The van der Waals surface area contributed by atoms with Gasteiger partial charge in [0.2, 0.25) is 0 Å². The van der Waals surface area contributed by atoms with Gasteiger partial charge in [-0.3, -0.25) is 10.1 Å². The monoisotopic (exact) mass is 420 g/mol. The molecular weight excluding hydrogens is 404 g/mol. The number of phenolic OH excluding ortho intramolecular Hbond substituents is 1. The number of thiazole rings is 1. The summed E-state index contributed by atoms with van der Waals surface area (Å²) >= 11 is 1.44. The van der Waals surface area contributed by atoms with Gasteiger partial charge in [0.25, 0.3) is 5.69 Å². The molecule has 0 bridgehead atoms. The largest absolute Gasteiger partial charge is 0.507 e. The maximum absolute atomic E-state index is 12.5. The van der Waals surface area contributed by atoms with Crippen molar-refractivity contribution in [3.05, 3.63) is 81.4 Å². The Bertz CT molecular complexity index is 1270. The van der Waals surface area contributed by atoms with Gasteiger partial charge in [-0.15, -0.1) is 11.3 Å². The van der Waals surface area contributed by atoms with Crippen molar-refractivity contribution in [2.75, 3.05) is 0 Å². The zero-order valence-corrected chi connectivity index (χ0v) is 16.9. The Morgan fingerprint density at radius 1 is 1.07 bits per heavy atom. The van der Waals surface area contributed by atoms with Crippen molar-refractivity contribution in [2.24, 2.45) is 0 Å². The maximum Gasteiger partial charge on any atom is 0.343 e. The fraction of sp³-hybridized carbons (Fsp3) is 0.0909. The number of non-ortho nitro benzene ring substituents is 1. The number of hydrogen-bond acceptors (Lipinski definition) is 7. The van der Waals surface area contributed by atoms with E-state index in [1.54, 1.807) is 18.2 Å². The molecule has 0 unspecified atom stereocenters. The maximum atomic E-state index is 12.5. The number of nitro benzene ring substituents is 1. The third-order valence-corrected chi connectivity index (χ3v) is 5.69. The second kappa shape index (κ2) is 7.57. The van der Waals surface area contributed by atoms with Gasteiger partial charge in [0, 0.05) is 17.7 Å². The van der Waals surface area contributed by atoms with Gasteiger partial charge in [0.1, 0.15) is 16.5 Å². The first-order chi connectivity index (χ1) is 14.3. The van der Waals surface area contributed by atoms with Gasteiger partial charge in [0.05, 0.1) is 20.7 Å². The summed E-state index contributed by atoms with van der Waals surface area (Å²) in [5, 5.41) is 21.5. The van der Waals surface area contributed by atoms with Gasteiger partial charge in [-0.05, 0) is 67.4 Å². The number of carbonyl (C=O) groups excluding carboxylic acids is 1. The molecule has 4 rings (SSSR count). The number of ether oxygens (including phenoxy) is 1. The molecule has 4 aromatic rings. The van der Waals surface area contributed by atoms with E-state index in [4.69, 9.17) is 4.74 Å². The molecule has 1 aromatic heterocycles. The standard InChI is InChI=1S/C22H16N2O5S/c1-12-9-15(10-13(2)20(12)25)21-23-18-8-3-14(11-19(18)30-21)22(26)29-17-6-4-16(5-7-17)24(27)28/h3-11,25H,1-2H3. The number of nitro groups is 1. The molecule has 8 heteroatoms. The van der Waals surface area contributed by atoms with E-state index in [1.165, 1.54) is 35.6 Å². The van der Waals surface area contributed by atoms with E-state index in [0.29, 0.717) is 5.56 Å². The fourth-order valence-electron chi connectivity index (χ4n) is 3.06. The highest BCUT2D eigenvalue weighted by Gasteiger charge is 2.14. The van der Waals surface area contributed by atoms with Crippen molar-refractivity contribution in [1.82, 2.24) is 4.98 Å². The topological polar surface area (TPSA) is 103 Å². The Labute approximate surface area is 175 Å². The number of phenols is 1. The number of carbonyl (C=O) groups is 1. The van der Waals surface area contributed by atoms with Crippen LogP contribution in [0.3, 0.4) is 0 Å². The third kappa shape index (κ3) is 3.72. The third-order valence-electron chi connectivity index (χ3n) is 4.62. The van der Waals surface area contributed by atoms with E-state index >= 15 is 0 Å². The first kappa shape index (κ1) is 19.5. The first-order valence-electron chi connectivity index (χ1n) is 8.99. The number of aryl methyl sites for hydroxylation is 2. The lowest BCUT2D eigenvalue weighted by atomic mass is 10.1. The summed E-state index contributed by atoms with van der Waals surface area (Å²) in [4.78, 5) is 27.3. The first-order valence-corrected chi connectivity index (χ1v) is 9.81. The van der Waals surface area contributed by atoms with Crippen molar-refractivity contribution >= 4 is 33.2 Å². The van der Waals surface area contributed by atoms with E-state index < -0.39 is 10.9 Å². The van der Waals surface area contributed by atoms with E-state index in [-0.39, 0.29) is 17.2 Å². The summed E-state index contributed by atoms with van der Waals surface area (Å²) in [6, 6.07) is 14.2. The van der Waals surface area contributed by atoms with Crippen LogP contribution in [0, 0.1) is 24.0 Å². The average molecular weight is 420 g/mol. The summed E-state index contributed by atoms with van der Waals surface area (Å²) in [7, 11) is 0. The van der Waals surface area contributed by atoms with Gasteiger partial charge in [-0.1, -0.05) is 0 Å². The highest BCUT2D eigenvalue weighted by Crippen LogP contribution is 2.34. The predicted molar refractivity (Wildman–Crippen MR) is 114 cm³/mol. The van der Waals surface area contributed by atoms with Crippen LogP contribution in [0.5, 0.6) is 11.5 Å². The lowest BCUT2D eigenvalue weighted by molar-refractivity contribution is -0.384. The smallest absolute Gasteiger partial charge is 0.343 e. The van der Waals surface area contributed by atoms with Gasteiger partial charge in [-0.25, -0.2) is 9.78 Å². The molecule has 1 heterocycles. The minimum Gasteiger partial charge on any atom is -0.507 e. The van der Waals surface area contributed by atoms with Crippen LogP contribution in [0.4, 0.5) is 5.69 Å². The Morgan fingerprint density at radius 3 is 2.37 bits per heavy atom. The second-order valence-electron chi connectivity index (χ2n) is 6.80. The number of aromatic hydroxyl groups is 1. The molecule has 0 aliphatic carbocycles. The highest BCUT2D eigenvalue weighted by atomic mass is 32.1.